The second-order valence-corrected chi connectivity index (χ2v) is 7.74. The molecule has 10 heteroatoms. The van der Waals surface area contributed by atoms with Crippen molar-refractivity contribution >= 4 is 44.4 Å². The van der Waals surface area contributed by atoms with Gasteiger partial charge in [0.2, 0.25) is 0 Å². The number of rotatable bonds is 3. The second kappa shape index (κ2) is 5.16. The lowest BCUT2D eigenvalue weighted by Crippen LogP contribution is -2.38. The normalized spacial score (nSPS) is 17.6. The van der Waals surface area contributed by atoms with E-state index in [0.717, 1.165) is 10.4 Å². The third kappa shape index (κ3) is 2.78. The highest BCUT2D eigenvalue weighted by molar-refractivity contribution is 7.91. The fraction of sp³-hybridized carbons (Fsp3) is 0.444. The average Bonchev–Trinajstić information content (AvgIpc) is 2.72. The van der Waals surface area contributed by atoms with Gasteiger partial charge in [0.15, 0.2) is 4.34 Å². The van der Waals surface area contributed by atoms with Crippen LogP contribution >= 0.6 is 22.9 Å². The first kappa shape index (κ1) is 14.4. The Labute approximate surface area is 118 Å². The molecule has 0 N–H and O–H groups in total. The molecule has 0 aliphatic carbocycles. The predicted octanol–water partition coefficient (Wildman–Crippen LogP) is 1.66. The van der Waals surface area contributed by atoms with Crippen molar-refractivity contribution in [2.24, 2.45) is 0 Å². The fourth-order valence-electron chi connectivity index (χ4n) is 1.69. The first-order valence-corrected chi connectivity index (χ1v) is 7.91. The van der Waals surface area contributed by atoms with Gasteiger partial charge in [0.05, 0.1) is 4.92 Å². The minimum absolute atomic E-state index is 0.0154. The molecule has 0 spiro atoms. The summed E-state index contributed by atoms with van der Waals surface area (Å²) in [6.07, 6.45) is 0.334. The number of sulfonamides is 1. The van der Waals surface area contributed by atoms with Crippen molar-refractivity contribution in [2.75, 3.05) is 13.1 Å². The van der Waals surface area contributed by atoms with E-state index in [1.807, 2.05) is 0 Å². The first-order chi connectivity index (χ1) is 8.82. The maximum Gasteiger partial charge on any atom is 0.300 e. The number of ketones is 1. The molecule has 19 heavy (non-hydrogen) atoms. The minimum atomic E-state index is -3.81. The molecule has 0 radical (unpaired) electrons. The highest BCUT2D eigenvalue weighted by Gasteiger charge is 2.32. The maximum absolute atomic E-state index is 12.2. The number of carbonyl (C=O) groups is 1. The van der Waals surface area contributed by atoms with Crippen LogP contribution in [0.4, 0.5) is 5.69 Å². The van der Waals surface area contributed by atoms with Gasteiger partial charge in [-0.15, -0.1) is 11.3 Å². The predicted molar refractivity (Wildman–Crippen MR) is 69.0 cm³/mol. The molecule has 1 fully saturated rings. The summed E-state index contributed by atoms with van der Waals surface area (Å²) in [6, 6.07) is 0.957. The van der Waals surface area contributed by atoms with Crippen molar-refractivity contribution in [3.63, 3.8) is 0 Å². The van der Waals surface area contributed by atoms with Gasteiger partial charge in [-0.3, -0.25) is 14.9 Å². The summed E-state index contributed by atoms with van der Waals surface area (Å²) in [4.78, 5) is 21.0. The molecule has 2 heterocycles. The van der Waals surface area contributed by atoms with Crippen molar-refractivity contribution in [3.8, 4) is 0 Å². The minimum Gasteiger partial charge on any atom is -0.300 e. The van der Waals surface area contributed by atoms with Crippen LogP contribution in [0.1, 0.15) is 12.8 Å². The van der Waals surface area contributed by atoms with E-state index in [9.17, 15) is 23.3 Å². The number of nitro groups is 1. The molecule has 0 bridgehead atoms. The smallest absolute Gasteiger partial charge is 0.300 e. The Morgan fingerprint density at radius 1 is 1.37 bits per heavy atom. The number of carbonyl (C=O) groups excluding carboxylic acids is 1. The van der Waals surface area contributed by atoms with Gasteiger partial charge in [-0.25, -0.2) is 8.42 Å². The summed E-state index contributed by atoms with van der Waals surface area (Å²) in [7, 11) is -3.81. The molecule has 7 nitrogen and oxygen atoms in total. The Balaban J connectivity index is 2.32. The lowest BCUT2D eigenvalue weighted by Gasteiger charge is -2.24. The topological polar surface area (TPSA) is 97.6 Å². The molecule has 0 saturated carbocycles. The van der Waals surface area contributed by atoms with E-state index >= 15 is 0 Å². The molecule has 0 unspecified atom stereocenters. The number of hydrogen-bond donors (Lipinski definition) is 0. The molecule has 0 aromatic carbocycles. The summed E-state index contributed by atoms with van der Waals surface area (Å²) in [5.41, 5.74) is -0.418. The van der Waals surface area contributed by atoms with Gasteiger partial charge in [-0.05, 0) is 0 Å². The summed E-state index contributed by atoms with van der Waals surface area (Å²) in [6.45, 7) is 0.203. The molecule has 2 rings (SSSR count). The zero-order valence-corrected chi connectivity index (χ0v) is 11.9. The zero-order valence-electron chi connectivity index (χ0n) is 9.54. The molecular weight excluding hydrogens is 316 g/mol. The third-order valence-electron chi connectivity index (χ3n) is 2.72. The van der Waals surface area contributed by atoms with Crippen LogP contribution in [0.3, 0.4) is 0 Å². The summed E-state index contributed by atoms with van der Waals surface area (Å²) < 4.78 is 25.3. The maximum atomic E-state index is 12.2. The largest absolute Gasteiger partial charge is 0.300 e. The summed E-state index contributed by atoms with van der Waals surface area (Å²) in [5, 5.41) is 10.7. The van der Waals surface area contributed by atoms with Crippen LogP contribution in [0.15, 0.2) is 10.3 Å². The molecule has 1 aliphatic heterocycles. The molecule has 1 aliphatic rings. The zero-order chi connectivity index (χ0) is 14.2. The Morgan fingerprint density at radius 2 is 1.95 bits per heavy atom. The molecule has 0 amide bonds. The van der Waals surface area contributed by atoms with Crippen LogP contribution in [0, 0.1) is 10.1 Å². The van der Waals surface area contributed by atoms with Crippen LogP contribution in [0.2, 0.25) is 4.34 Å². The SMILES string of the molecule is O=C1CCN(S(=O)(=O)c2cc([N+](=O)[O-])c(Cl)s2)CC1. The standard InChI is InChI=1S/C9H9ClN2O5S2/c10-9-7(12(14)15)5-8(18-9)19(16,17)11-3-1-6(13)2-4-11/h5H,1-4H2. The van der Waals surface area contributed by atoms with Crippen LogP contribution in [-0.4, -0.2) is 36.5 Å². The van der Waals surface area contributed by atoms with E-state index in [1.165, 1.54) is 0 Å². The lowest BCUT2D eigenvalue weighted by atomic mass is 10.1. The fourth-order valence-corrected chi connectivity index (χ4v) is 4.95. The van der Waals surface area contributed by atoms with E-state index in [1.54, 1.807) is 0 Å². The van der Waals surface area contributed by atoms with Crippen molar-refractivity contribution in [3.05, 3.63) is 20.5 Å². The highest BCUT2D eigenvalue weighted by Crippen LogP contribution is 2.37. The monoisotopic (exact) mass is 324 g/mol. The summed E-state index contributed by atoms with van der Waals surface area (Å²) in [5.74, 6) is 0.0154. The molecule has 0 atom stereocenters. The van der Waals surface area contributed by atoms with Crippen molar-refractivity contribution in [1.82, 2.24) is 4.31 Å². The number of nitrogens with zero attached hydrogens (tertiary/aromatic N) is 2. The number of Topliss-reactive ketones (excluding diaryl/α,β-unsaturated/α-hetero) is 1. The van der Waals surface area contributed by atoms with E-state index in [2.05, 4.69) is 0 Å². The summed E-state index contributed by atoms with van der Waals surface area (Å²) >= 11 is 6.30. The van der Waals surface area contributed by atoms with E-state index < -0.39 is 20.6 Å². The Bertz CT molecular complexity index is 629. The van der Waals surface area contributed by atoms with Gasteiger partial charge >= 0.3 is 0 Å². The third-order valence-corrected chi connectivity index (χ3v) is 6.40. The number of hydrogen-bond acceptors (Lipinski definition) is 6. The van der Waals surface area contributed by atoms with Crippen molar-refractivity contribution < 1.29 is 18.1 Å². The first-order valence-electron chi connectivity index (χ1n) is 5.28. The molecule has 1 aromatic heterocycles. The van der Waals surface area contributed by atoms with Gasteiger partial charge in [0.1, 0.15) is 9.99 Å². The quantitative estimate of drug-likeness (QED) is 0.622. The lowest BCUT2D eigenvalue weighted by molar-refractivity contribution is -0.384. The number of piperidine rings is 1. The highest BCUT2D eigenvalue weighted by atomic mass is 35.5. The van der Waals surface area contributed by atoms with Gasteiger partial charge < -0.3 is 0 Å². The van der Waals surface area contributed by atoms with Crippen LogP contribution < -0.4 is 0 Å². The van der Waals surface area contributed by atoms with Gasteiger partial charge in [-0.1, -0.05) is 11.6 Å². The van der Waals surface area contributed by atoms with Crippen LogP contribution in [0.5, 0.6) is 0 Å². The van der Waals surface area contributed by atoms with Crippen LogP contribution in [0.25, 0.3) is 0 Å². The Kier molecular flexibility index (Phi) is 3.90. The average molecular weight is 325 g/mol. The van der Waals surface area contributed by atoms with Crippen molar-refractivity contribution in [2.45, 2.75) is 17.1 Å². The number of halogens is 1. The van der Waals surface area contributed by atoms with E-state index in [-0.39, 0.29) is 40.3 Å². The van der Waals surface area contributed by atoms with E-state index in [4.69, 9.17) is 11.6 Å². The van der Waals surface area contributed by atoms with E-state index in [0.29, 0.717) is 11.3 Å². The van der Waals surface area contributed by atoms with Crippen LogP contribution in [-0.2, 0) is 14.8 Å². The molecular formula is C9H9ClN2O5S2. The van der Waals surface area contributed by atoms with Crippen molar-refractivity contribution in [1.29, 1.82) is 0 Å². The van der Waals surface area contributed by atoms with Gasteiger partial charge in [0, 0.05) is 32.0 Å². The Morgan fingerprint density at radius 3 is 2.42 bits per heavy atom. The second-order valence-electron chi connectivity index (χ2n) is 3.92. The molecule has 1 saturated heterocycles. The number of thiophene rings is 1. The Hall–Kier alpha value is -1.03. The molecule has 1 aromatic rings. The van der Waals surface area contributed by atoms with Gasteiger partial charge in [0.25, 0.3) is 15.7 Å². The van der Waals surface area contributed by atoms with Gasteiger partial charge in [-0.2, -0.15) is 4.31 Å². The molecule has 104 valence electrons.